The summed E-state index contributed by atoms with van der Waals surface area (Å²) in [6.45, 7) is 0.445. The smallest absolute Gasteiger partial charge is 0.394 e. The minimum Gasteiger partial charge on any atom is -0.458 e. The van der Waals surface area contributed by atoms with Gasteiger partial charge in [0.05, 0.1) is 13.1 Å². The number of aromatic nitrogens is 2. The summed E-state index contributed by atoms with van der Waals surface area (Å²) in [4.78, 5) is 37.2. The van der Waals surface area contributed by atoms with E-state index in [0.717, 1.165) is 0 Å². The van der Waals surface area contributed by atoms with E-state index >= 15 is 0 Å². The summed E-state index contributed by atoms with van der Waals surface area (Å²) in [5, 5.41) is 9.29. The van der Waals surface area contributed by atoms with Crippen LogP contribution < -0.4 is 45.0 Å². The molecular formula is C20H26N12O8S3. The number of guanidine groups is 2. The first-order valence-corrected chi connectivity index (χ1v) is 14.3. The molecule has 4 heterocycles. The van der Waals surface area contributed by atoms with Gasteiger partial charge in [0.1, 0.15) is 22.9 Å². The number of nitrogens with two attached hydrogens (primary N) is 6. The fourth-order valence-corrected chi connectivity index (χ4v) is 4.04. The van der Waals surface area contributed by atoms with Crippen LogP contribution >= 0.6 is 22.7 Å². The highest BCUT2D eigenvalue weighted by Gasteiger charge is 2.10. The number of nitrogens with zero attached hydrogens (tertiary/aromatic N) is 4. The zero-order valence-corrected chi connectivity index (χ0v) is 24.1. The Balaban J connectivity index is 0.000000260. The molecule has 43 heavy (non-hydrogen) atoms. The minimum absolute atomic E-state index is 0.0494. The Kier molecular flexibility index (Phi) is 12.4. The molecule has 0 saturated heterocycles. The maximum absolute atomic E-state index is 10.6. The van der Waals surface area contributed by atoms with E-state index in [1.54, 1.807) is 35.0 Å². The molecular weight excluding hydrogens is 632 g/mol. The molecule has 0 aliphatic carbocycles. The van der Waals surface area contributed by atoms with Crippen LogP contribution in [0.1, 0.15) is 11.5 Å². The third kappa shape index (κ3) is 13.8. The van der Waals surface area contributed by atoms with Crippen molar-refractivity contribution in [1.82, 2.24) is 20.6 Å². The fraction of sp³-hybridized carbons (Fsp3) is 0.100. The molecule has 0 aliphatic rings. The molecule has 0 fully saturated rings. The predicted molar refractivity (Wildman–Crippen MR) is 158 cm³/mol. The Bertz CT molecular complexity index is 1560. The standard InChI is InChI=1S/2C10H12N6O2S.H2O4S/c2*11-8(12)16-10-15-6(4-19-10)7-2-1-5(18-7)3-14-9(13)17;1-5(2,3)4/h2*1-2,4H,3H2,(H3,13,14,17)(H4,11,12,15,16);(H2,1,2,3,4). The summed E-state index contributed by atoms with van der Waals surface area (Å²) in [6.07, 6.45) is 0. The molecule has 23 heteroatoms. The van der Waals surface area contributed by atoms with Crippen LogP contribution in [0.25, 0.3) is 22.9 Å². The lowest BCUT2D eigenvalue weighted by Gasteiger charge is -1.96. The third-order valence-corrected chi connectivity index (χ3v) is 5.60. The molecule has 0 radical (unpaired) electrons. The van der Waals surface area contributed by atoms with Gasteiger partial charge in [0, 0.05) is 10.8 Å². The summed E-state index contributed by atoms with van der Waals surface area (Å²) >= 11 is 2.58. The van der Waals surface area contributed by atoms with Crippen molar-refractivity contribution in [2.75, 3.05) is 0 Å². The van der Waals surface area contributed by atoms with E-state index in [-0.39, 0.29) is 25.0 Å². The number of nitrogens with one attached hydrogen (secondary N) is 2. The minimum atomic E-state index is -4.67. The Labute approximate surface area is 250 Å². The number of aliphatic imine (C=N–C) groups is 2. The molecule has 4 aromatic heterocycles. The number of hydrogen-bond donors (Lipinski definition) is 10. The summed E-state index contributed by atoms with van der Waals surface area (Å²) in [5.74, 6) is 2.18. The third-order valence-electron chi connectivity index (χ3n) is 4.14. The molecule has 0 aromatic carbocycles. The molecule has 0 bridgehead atoms. The van der Waals surface area contributed by atoms with Gasteiger partial charge in [0.2, 0.25) is 10.3 Å². The van der Waals surface area contributed by atoms with Gasteiger partial charge in [-0.05, 0) is 24.3 Å². The van der Waals surface area contributed by atoms with E-state index in [4.69, 9.17) is 60.8 Å². The van der Waals surface area contributed by atoms with Gasteiger partial charge in [-0.15, -0.1) is 22.7 Å². The number of urea groups is 2. The second-order valence-electron chi connectivity index (χ2n) is 7.52. The van der Waals surface area contributed by atoms with Crippen LogP contribution in [0, 0.1) is 0 Å². The van der Waals surface area contributed by atoms with Gasteiger partial charge in [-0.3, -0.25) is 9.11 Å². The molecule has 0 unspecified atom stereocenters. The number of amides is 4. The average Bonchev–Trinajstić information content (AvgIpc) is 3.67. The monoisotopic (exact) mass is 658 g/mol. The molecule has 20 nitrogen and oxygen atoms in total. The quantitative estimate of drug-likeness (QED) is 0.0691. The van der Waals surface area contributed by atoms with Crippen molar-refractivity contribution in [2.24, 2.45) is 44.4 Å². The van der Waals surface area contributed by atoms with Crippen LogP contribution in [-0.4, -0.2) is 51.5 Å². The maximum Gasteiger partial charge on any atom is 0.394 e. The zero-order chi connectivity index (χ0) is 32.2. The Morgan fingerprint density at radius 3 is 1.40 bits per heavy atom. The van der Waals surface area contributed by atoms with Crippen LogP contribution in [0.2, 0.25) is 0 Å². The van der Waals surface area contributed by atoms with Crippen molar-refractivity contribution in [2.45, 2.75) is 13.1 Å². The largest absolute Gasteiger partial charge is 0.458 e. The van der Waals surface area contributed by atoms with Crippen molar-refractivity contribution < 1.29 is 35.9 Å². The van der Waals surface area contributed by atoms with Gasteiger partial charge in [0.25, 0.3) is 0 Å². The lowest BCUT2D eigenvalue weighted by Crippen LogP contribution is -2.28. The summed E-state index contributed by atoms with van der Waals surface area (Å²) in [5.41, 5.74) is 32.2. The second-order valence-corrected chi connectivity index (χ2v) is 10.1. The molecule has 0 aliphatic heterocycles. The van der Waals surface area contributed by atoms with Crippen LogP contribution in [0.3, 0.4) is 0 Å². The van der Waals surface area contributed by atoms with Gasteiger partial charge in [-0.25, -0.2) is 19.6 Å². The predicted octanol–water partition coefficient (Wildman–Crippen LogP) is 0.300. The van der Waals surface area contributed by atoms with E-state index in [1.165, 1.54) is 22.7 Å². The molecule has 4 rings (SSSR count). The van der Waals surface area contributed by atoms with Crippen LogP contribution in [0.15, 0.2) is 53.8 Å². The number of hydrogen-bond acceptors (Lipinski definition) is 12. The van der Waals surface area contributed by atoms with E-state index in [2.05, 4.69) is 30.6 Å². The summed E-state index contributed by atoms with van der Waals surface area (Å²) in [7, 11) is -4.67. The Morgan fingerprint density at radius 2 is 1.09 bits per heavy atom. The molecule has 0 spiro atoms. The number of rotatable bonds is 8. The van der Waals surface area contributed by atoms with E-state index in [9.17, 15) is 9.59 Å². The van der Waals surface area contributed by atoms with Gasteiger partial charge in [-0.2, -0.15) is 18.4 Å². The van der Waals surface area contributed by atoms with Gasteiger partial charge < -0.3 is 53.9 Å². The maximum atomic E-state index is 10.6. The molecule has 0 atom stereocenters. The SMILES string of the molecule is NC(=O)NCc1ccc(-c2csc(N=C(N)N)n2)o1.NC(=O)NCc1ccc(-c2csc(N=C(N)N)n2)o1.O=S(=O)(O)O. The summed E-state index contributed by atoms with van der Waals surface area (Å²) in [6, 6.07) is 5.72. The molecule has 232 valence electrons. The van der Waals surface area contributed by atoms with Crippen molar-refractivity contribution in [3.05, 3.63) is 46.5 Å². The lowest BCUT2D eigenvalue weighted by molar-refractivity contribution is 0.247. The average molecular weight is 659 g/mol. The molecule has 4 amide bonds. The Morgan fingerprint density at radius 1 is 0.744 bits per heavy atom. The number of thiazole rings is 2. The van der Waals surface area contributed by atoms with Gasteiger partial charge >= 0.3 is 22.5 Å². The van der Waals surface area contributed by atoms with E-state index in [1.807, 2.05) is 0 Å². The van der Waals surface area contributed by atoms with Gasteiger partial charge in [-0.1, -0.05) is 0 Å². The Hall–Kier alpha value is -5.23. The van der Waals surface area contributed by atoms with Gasteiger partial charge in [0.15, 0.2) is 23.4 Å². The number of carbonyl (C=O) groups is 2. The van der Waals surface area contributed by atoms with Crippen LogP contribution in [0.4, 0.5) is 19.9 Å². The van der Waals surface area contributed by atoms with Crippen molar-refractivity contribution in [1.29, 1.82) is 0 Å². The normalized spacial score (nSPS) is 10.3. The topological polar surface area (TPSA) is 366 Å². The first-order valence-electron chi connectivity index (χ1n) is 11.1. The lowest BCUT2D eigenvalue weighted by atomic mass is 10.3. The van der Waals surface area contributed by atoms with E-state index in [0.29, 0.717) is 44.7 Å². The molecule has 16 N–H and O–H groups in total. The van der Waals surface area contributed by atoms with Crippen LogP contribution in [-0.2, 0) is 23.5 Å². The van der Waals surface area contributed by atoms with Crippen molar-refractivity contribution >= 4 is 67.3 Å². The highest BCUT2D eigenvalue weighted by Crippen LogP contribution is 2.29. The number of primary amides is 2. The van der Waals surface area contributed by atoms with Crippen molar-refractivity contribution in [3.63, 3.8) is 0 Å². The van der Waals surface area contributed by atoms with Crippen LogP contribution in [0.5, 0.6) is 0 Å². The van der Waals surface area contributed by atoms with Crippen molar-refractivity contribution in [3.8, 4) is 22.9 Å². The molecule has 4 aromatic rings. The highest BCUT2D eigenvalue weighted by atomic mass is 32.3. The van der Waals surface area contributed by atoms with E-state index < -0.39 is 22.5 Å². The summed E-state index contributed by atoms with van der Waals surface area (Å²) < 4.78 is 42.6. The zero-order valence-electron chi connectivity index (χ0n) is 21.7. The first kappa shape index (κ1) is 34.0. The first-order chi connectivity index (χ1) is 20.1. The number of furan rings is 2. The fourth-order valence-electron chi connectivity index (χ4n) is 2.65. The second kappa shape index (κ2) is 15.7. The number of carbonyl (C=O) groups excluding carboxylic acids is 2. The highest BCUT2D eigenvalue weighted by molar-refractivity contribution is 7.79. The molecule has 0 saturated carbocycles.